The van der Waals surface area contributed by atoms with Crippen molar-refractivity contribution in [2.24, 2.45) is 0 Å². The highest BCUT2D eigenvalue weighted by Crippen LogP contribution is 2.29. The third-order valence-corrected chi connectivity index (χ3v) is 5.79. The Kier molecular flexibility index (Phi) is 5.51. The molecule has 2 aromatic carbocycles. The van der Waals surface area contributed by atoms with Crippen LogP contribution in [0.3, 0.4) is 0 Å². The molecule has 0 saturated carbocycles. The molecule has 1 fully saturated rings. The van der Waals surface area contributed by atoms with Crippen molar-refractivity contribution in [3.63, 3.8) is 0 Å². The van der Waals surface area contributed by atoms with Crippen LogP contribution >= 0.6 is 15.9 Å². The summed E-state index contributed by atoms with van der Waals surface area (Å²) in [4.78, 5) is 2.25. The molecule has 0 bridgehead atoms. The van der Waals surface area contributed by atoms with E-state index < -0.39 is 10.0 Å². The van der Waals surface area contributed by atoms with Crippen LogP contribution in [0.2, 0.25) is 0 Å². The van der Waals surface area contributed by atoms with Gasteiger partial charge in [0.2, 0.25) is 0 Å². The van der Waals surface area contributed by atoms with Crippen molar-refractivity contribution in [1.29, 1.82) is 0 Å². The van der Waals surface area contributed by atoms with E-state index in [9.17, 15) is 8.42 Å². The summed E-state index contributed by atoms with van der Waals surface area (Å²) in [6.07, 6.45) is 0. The highest BCUT2D eigenvalue weighted by atomic mass is 79.9. The lowest BCUT2D eigenvalue weighted by molar-refractivity contribution is 0.122. The van der Waals surface area contributed by atoms with Gasteiger partial charge in [-0.25, -0.2) is 8.42 Å². The first-order valence-electron chi connectivity index (χ1n) is 7.79. The number of nitrogens with one attached hydrogen (secondary N) is 1. The standard InChI is InChI=1S/C17H19BrN2O4S/c1-23-16-6-5-13(18)11-17(16)25(21,22)19-14-3-2-4-15(12-14)20-7-9-24-10-8-20/h2-6,11-12,19H,7-10H2,1H3. The second kappa shape index (κ2) is 7.63. The number of methoxy groups -OCH3 is 1. The lowest BCUT2D eigenvalue weighted by Crippen LogP contribution is -2.36. The third kappa shape index (κ3) is 4.26. The van der Waals surface area contributed by atoms with Crippen LogP contribution in [0.5, 0.6) is 5.75 Å². The number of sulfonamides is 1. The van der Waals surface area contributed by atoms with Crippen molar-refractivity contribution in [2.75, 3.05) is 43.0 Å². The van der Waals surface area contributed by atoms with Crippen LogP contribution in [0.25, 0.3) is 0 Å². The molecule has 3 rings (SSSR count). The van der Waals surface area contributed by atoms with Crippen LogP contribution in [0.4, 0.5) is 11.4 Å². The fraction of sp³-hybridized carbons (Fsp3) is 0.294. The van der Waals surface area contributed by atoms with Crippen molar-refractivity contribution in [3.05, 3.63) is 46.9 Å². The lowest BCUT2D eigenvalue weighted by Gasteiger charge is -2.29. The van der Waals surface area contributed by atoms with Crippen LogP contribution in [0.1, 0.15) is 0 Å². The smallest absolute Gasteiger partial charge is 0.265 e. The summed E-state index contributed by atoms with van der Waals surface area (Å²) in [5.41, 5.74) is 1.47. The maximum atomic E-state index is 12.8. The van der Waals surface area contributed by atoms with E-state index >= 15 is 0 Å². The van der Waals surface area contributed by atoms with Gasteiger partial charge >= 0.3 is 0 Å². The van der Waals surface area contributed by atoms with E-state index in [0.29, 0.717) is 29.1 Å². The summed E-state index contributed by atoms with van der Waals surface area (Å²) in [6, 6.07) is 12.2. The minimum absolute atomic E-state index is 0.0844. The number of rotatable bonds is 5. The van der Waals surface area contributed by atoms with Crippen molar-refractivity contribution in [3.8, 4) is 5.75 Å². The fourth-order valence-corrected chi connectivity index (χ4v) is 4.42. The molecule has 2 aromatic rings. The Hall–Kier alpha value is -1.77. The predicted molar refractivity (Wildman–Crippen MR) is 101 cm³/mol. The van der Waals surface area contributed by atoms with Crippen LogP contribution in [-0.2, 0) is 14.8 Å². The Morgan fingerprint density at radius 2 is 1.92 bits per heavy atom. The molecule has 6 nitrogen and oxygen atoms in total. The van der Waals surface area contributed by atoms with Crippen molar-refractivity contribution < 1.29 is 17.9 Å². The molecule has 0 atom stereocenters. The lowest BCUT2D eigenvalue weighted by atomic mass is 10.2. The largest absolute Gasteiger partial charge is 0.495 e. The minimum atomic E-state index is -3.77. The zero-order valence-corrected chi connectivity index (χ0v) is 16.1. The molecule has 0 aliphatic carbocycles. The molecular formula is C17H19BrN2O4S. The first-order valence-corrected chi connectivity index (χ1v) is 10.1. The maximum absolute atomic E-state index is 12.8. The molecule has 25 heavy (non-hydrogen) atoms. The van der Waals surface area contributed by atoms with Gasteiger partial charge in [0.05, 0.1) is 26.0 Å². The van der Waals surface area contributed by atoms with Gasteiger partial charge in [-0.15, -0.1) is 0 Å². The van der Waals surface area contributed by atoms with Gasteiger partial charge in [0.15, 0.2) is 0 Å². The summed E-state index contributed by atoms with van der Waals surface area (Å²) in [7, 11) is -2.33. The predicted octanol–water partition coefficient (Wildman–Crippen LogP) is 3.10. The summed E-state index contributed by atoms with van der Waals surface area (Å²) in [6.45, 7) is 2.92. The molecule has 0 unspecified atom stereocenters. The number of anilines is 2. The zero-order valence-electron chi connectivity index (χ0n) is 13.7. The van der Waals surface area contributed by atoms with Crippen LogP contribution in [-0.4, -0.2) is 41.8 Å². The summed E-state index contributed by atoms with van der Waals surface area (Å²) >= 11 is 3.30. The van der Waals surface area contributed by atoms with E-state index in [4.69, 9.17) is 9.47 Å². The van der Waals surface area contributed by atoms with Crippen LogP contribution in [0.15, 0.2) is 51.8 Å². The molecule has 1 saturated heterocycles. The number of hydrogen-bond donors (Lipinski definition) is 1. The molecule has 0 radical (unpaired) electrons. The Bertz CT molecular complexity index is 851. The van der Waals surface area contributed by atoms with E-state index in [0.717, 1.165) is 18.8 Å². The van der Waals surface area contributed by atoms with Gasteiger partial charge in [-0.05, 0) is 36.4 Å². The summed E-state index contributed by atoms with van der Waals surface area (Å²) in [5, 5.41) is 0. The first-order chi connectivity index (χ1) is 12.0. The quantitative estimate of drug-likeness (QED) is 0.795. The van der Waals surface area contributed by atoms with Gasteiger partial charge in [-0.2, -0.15) is 0 Å². The van der Waals surface area contributed by atoms with Gasteiger partial charge in [-0.1, -0.05) is 22.0 Å². The first kappa shape index (κ1) is 18.0. The monoisotopic (exact) mass is 426 g/mol. The highest BCUT2D eigenvalue weighted by Gasteiger charge is 2.21. The molecule has 0 aromatic heterocycles. The highest BCUT2D eigenvalue weighted by molar-refractivity contribution is 9.10. The van der Waals surface area contributed by atoms with E-state index in [1.165, 1.54) is 13.2 Å². The molecule has 8 heteroatoms. The number of nitrogens with zero attached hydrogens (tertiary/aromatic N) is 1. The number of hydrogen-bond acceptors (Lipinski definition) is 5. The van der Waals surface area contributed by atoms with Gasteiger partial charge in [-0.3, -0.25) is 4.72 Å². The fourth-order valence-electron chi connectivity index (χ4n) is 2.66. The Balaban J connectivity index is 1.87. The maximum Gasteiger partial charge on any atom is 0.265 e. The van der Waals surface area contributed by atoms with Gasteiger partial charge < -0.3 is 14.4 Å². The normalized spacial score (nSPS) is 15.0. The van der Waals surface area contributed by atoms with Crippen LogP contribution in [0, 0.1) is 0 Å². The SMILES string of the molecule is COc1ccc(Br)cc1S(=O)(=O)Nc1cccc(N2CCOCC2)c1. The number of benzene rings is 2. The van der Waals surface area contributed by atoms with E-state index in [1.54, 1.807) is 18.2 Å². The molecule has 0 spiro atoms. The molecule has 1 aliphatic rings. The Morgan fingerprint density at radius 3 is 2.64 bits per heavy atom. The Morgan fingerprint density at radius 1 is 1.16 bits per heavy atom. The molecule has 1 aliphatic heterocycles. The summed E-state index contributed by atoms with van der Waals surface area (Å²) < 4.78 is 39.4. The van der Waals surface area contributed by atoms with Crippen LogP contribution < -0.4 is 14.4 Å². The van der Waals surface area contributed by atoms with Crippen molar-refractivity contribution in [2.45, 2.75) is 4.90 Å². The molecular weight excluding hydrogens is 408 g/mol. The minimum Gasteiger partial charge on any atom is -0.495 e. The van der Waals surface area contributed by atoms with E-state index in [2.05, 4.69) is 25.6 Å². The molecule has 1 N–H and O–H groups in total. The summed E-state index contributed by atoms with van der Waals surface area (Å²) in [5.74, 6) is 0.292. The molecule has 1 heterocycles. The van der Waals surface area contributed by atoms with E-state index in [1.807, 2.05) is 18.2 Å². The Labute approximate surface area is 155 Å². The number of ether oxygens (including phenoxy) is 2. The second-order valence-corrected chi connectivity index (χ2v) is 8.12. The van der Waals surface area contributed by atoms with Gasteiger partial charge in [0.1, 0.15) is 10.6 Å². The topological polar surface area (TPSA) is 67.9 Å². The molecule has 134 valence electrons. The van der Waals surface area contributed by atoms with Gasteiger partial charge in [0, 0.05) is 23.2 Å². The van der Waals surface area contributed by atoms with Gasteiger partial charge in [0.25, 0.3) is 10.0 Å². The third-order valence-electron chi connectivity index (χ3n) is 3.89. The van der Waals surface area contributed by atoms with Crippen molar-refractivity contribution in [1.82, 2.24) is 0 Å². The number of halogens is 1. The zero-order chi connectivity index (χ0) is 17.9. The van der Waals surface area contributed by atoms with E-state index in [-0.39, 0.29) is 4.90 Å². The van der Waals surface area contributed by atoms with Crippen molar-refractivity contribution >= 4 is 37.3 Å². The average Bonchev–Trinajstić information content (AvgIpc) is 2.62. The molecule has 0 amide bonds. The second-order valence-electron chi connectivity index (χ2n) is 5.55. The number of morpholine rings is 1. The average molecular weight is 427 g/mol.